The van der Waals surface area contributed by atoms with E-state index < -0.39 is 0 Å². The number of hydrogen-bond acceptors (Lipinski definition) is 3. The molecule has 0 heterocycles. The molecule has 1 fully saturated rings. The van der Waals surface area contributed by atoms with Gasteiger partial charge in [-0.15, -0.1) is 0 Å². The average Bonchev–Trinajstić information content (AvgIpc) is 2.32. The van der Waals surface area contributed by atoms with Gasteiger partial charge < -0.3 is 16.2 Å². The maximum absolute atomic E-state index is 12.0. The van der Waals surface area contributed by atoms with E-state index in [-0.39, 0.29) is 18.1 Å². The SMILES string of the molecule is Nc1ccccc1C(=O)NC1CCC(O)CC1. The number of para-hydroxylation sites is 1. The van der Waals surface area contributed by atoms with Crippen LogP contribution in [0.3, 0.4) is 0 Å². The fourth-order valence-electron chi connectivity index (χ4n) is 2.19. The average molecular weight is 234 g/mol. The Hall–Kier alpha value is -1.55. The quantitative estimate of drug-likeness (QED) is 0.675. The number of aliphatic hydroxyl groups excluding tert-OH is 1. The number of anilines is 1. The second kappa shape index (κ2) is 5.19. The van der Waals surface area contributed by atoms with Crippen LogP contribution in [-0.4, -0.2) is 23.2 Å². The molecule has 1 amide bonds. The number of nitrogens with two attached hydrogens (primary N) is 1. The first kappa shape index (κ1) is 11.9. The molecular formula is C13H18N2O2. The van der Waals surface area contributed by atoms with Crippen LogP contribution in [0.4, 0.5) is 5.69 Å². The number of nitrogen functional groups attached to an aromatic ring is 1. The van der Waals surface area contributed by atoms with Crippen LogP contribution in [0.15, 0.2) is 24.3 Å². The number of nitrogens with one attached hydrogen (secondary N) is 1. The lowest BCUT2D eigenvalue weighted by molar-refractivity contribution is 0.0868. The molecule has 4 nitrogen and oxygen atoms in total. The van der Waals surface area contributed by atoms with E-state index >= 15 is 0 Å². The summed E-state index contributed by atoms with van der Waals surface area (Å²) in [6.45, 7) is 0. The number of benzene rings is 1. The molecule has 4 heteroatoms. The summed E-state index contributed by atoms with van der Waals surface area (Å²) >= 11 is 0. The van der Waals surface area contributed by atoms with Gasteiger partial charge in [0, 0.05) is 11.7 Å². The van der Waals surface area contributed by atoms with Crippen molar-refractivity contribution in [3.63, 3.8) is 0 Å². The number of amides is 1. The molecular weight excluding hydrogens is 216 g/mol. The number of hydrogen-bond donors (Lipinski definition) is 3. The Morgan fingerprint density at radius 2 is 1.88 bits per heavy atom. The van der Waals surface area contributed by atoms with Gasteiger partial charge >= 0.3 is 0 Å². The Labute approximate surface area is 101 Å². The second-order valence-corrected chi connectivity index (χ2v) is 4.57. The molecule has 0 unspecified atom stereocenters. The Morgan fingerprint density at radius 1 is 1.24 bits per heavy atom. The molecule has 0 saturated heterocycles. The predicted molar refractivity (Wildman–Crippen MR) is 66.6 cm³/mol. The van der Waals surface area contributed by atoms with E-state index in [1.54, 1.807) is 18.2 Å². The van der Waals surface area contributed by atoms with Gasteiger partial charge in [-0.25, -0.2) is 0 Å². The highest BCUT2D eigenvalue weighted by Crippen LogP contribution is 2.19. The summed E-state index contributed by atoms with van der Waals surface area (Å²) in [5.41, 5.74) is 6.78. The van der Waals surface area contributed by atoms with Crippen LogP contribution in [-0.2, 0) is 0 Å². The zero-order valence-electron chi connectivity index (χ0n) is 9.73. The molecule has 0 aromatic heterocycles. The van der Waals surface area contributed by atoms with Crippen molar-refractivity contribution in [1.29, 1.82) is 0 Å². The van der Waals surface area contributed by atoms with Crippen molar-refractivity contribution in [1.82, 2.24) is 5.32 Å². The Bertz CT molecular complexity index is 398. The summed E-state index contributed by atoms with van der Waals surface area (Å²) in [6.07, 6.45) is 2.98. The lowest BCUT2D eigenvalue weighted by atomic mass is 9.93. The number of rotatable bonds is 2. The Kier molecular flexibility index (Phi) is 3.64. The van der Waals surface area contributed by atoms with Gasteiger partial charge in [0.25, 0.3) is 5.91 Å². The van der Waals surface area contributed by atoms with E-state index in [0.29, 0.717) is 11.3 Å². The van der Waals surface area contributed by atoms with E-state index in [2.05, 4.69) is 5.32 Å². The molecule has 1 aliphatic carbocycles. The third kappa shape index (κ3) is 2.97. The van der Waals surface area contributed by atoms with E-state index in [1.807, 2.05) is 6.07 Å². The molecule has 0 bridgehead atoms. The third-order valence-electron chi connectivity index (χ3n) is 3.24. The van der Waals surface area contributed by atoms with Gasteiger partial charge in [-0.1, -0.05) is 12.1 Å². The van der Waals surface area contributed by atoms with Gasteiger partial charge in [0.1, 0.15) is 0 Å². The first-order valence-corrected chi connectivity index (χ1v) is 6.00. The summed E-state index contributed by atoms with van der Waals surface area (Å²) in [4.78, 5) is 12.0. The molecule has 0 spiro atoms. The predicted octanol–water partition coefficient (Wildman–Crippen LogP) is 1.30. The summed E-state index contributed by atoms with van der Waals surface area (Å²) in [6, 6.07) is 7.21. The standard InChI is InChI=1S/C13H18N2O2/c14-12-4-2-1-3-11(12)13(17)15-9-5-7-10(16)8-6-9/h1-4,9-10,16H,5-8,14H2,(H,15,17). The van der Waals surface area contributed by atoms with Crippen molar-refractivity contribution in [2.45, 2.75) is 37.8 Å². The molecule has 1 aliphatic rings. The molecule has 1 aromatic rings. The minimum atomic E-state index is -0.204. The lowest BCUT2D eigenvalue weighted by Crippen LogP contribution is -2.38. The molecule has 0 radical (unpaired) electrons. The number of carbonyl (C=O) groups is 1. The fourth-order valence-corrected chi connectivity index (χ4v) is 2.19. The zero-order chi connectivity index (χ0) is 12.3. The summed E-state index contributed by atoms with van der Waals surface area (Å²) in [5, 5.41) is 12.4. The Morgan fingerprint density at radius 3 is 2.53 bits per heavy atom. The minimum Gasteiger partial charge on any atom is -0.398 e. The third-order valence-corrected chi connectivity index (χ3v) is 3.24. The van der Waals surface area contributed by atoms with Crippen LogP contribution < -0.4 is 11.1 Å². The van der Waals surface area contributed by atoms with Crippen molar-refractivity contribution in [3.05, 3.63) is 29.8 Å². The molecule has 1 aromatic carbocycles. The summed E-state index contributed by atoms with van der Waals surface area (Å²) in [5.74, 6) is -0.121. The first-order chi connectivity index (χ1) is 8.16. The van der Waals surface area contributed by atoms with Crippen LogP contribution >= 0.6 is 0 Å². The highest BCUT2D eigenvalue weighted by Gasteiger charge is 2.21. The van der Waals surface area contributed by atoms with Crippen molar-refractivity contribution in [2.75, 3.05) is 5.73 Å². The van der Waals surface area contributed by atoms with Crippen LogP contribution in [0.5, 0.6) is 0 Å². The monoisotopic (exact) mass is 234 g/mol. The van der Waals surface area contributed by atoms with Crippen LogP contribution in [0.1, 0.15) is 36.0 Å². The molecule has 92 valence electrons. The number of carbonyl (C=O) groups excluding carboxylic acids is 1. The van der Waals surface area contributed by atoms with E-state index in [9.17, 15) is 9.90 Å². The molecule has 1 saturated carbocycles. The van der Waals surface area contributed by atoms with E-state index in [4.69, 9.17) is 5.73 Å². The van der Waals surface area contributed by atoms with Gasteiger partial charge in [-0.2, -0.15) is 0 Å². The van der Waals surface area contributed by atoms with Gasteiger partial charge in [0.05, 0.1) is 11.7 Å². The van der Waals surface area contributed by atoms with Crippen LogP contribution in [0.2, 0.25) is 0 Å². The molecule has 17 heavy (non-hydrogen) atoms. The second-order valence-electron chi connectivity index (χ2n) is 4.57. The highest BCUT2D eigenvalue weighted by molar-refractivity contribution is 5.99. The maximum atomic E-state index is 12.0. The Balaban J connectivity index is 1.96. The fraction of sp³-hybridized carbons (Fsp3) is 0.462. The normalized spacial score (nSPS) is 24.3. The first-order valence-electron chi connectivity index (χ1n) is 6.00. The lowest BCUT2D eigenvalue weighted by Gasteiger charge is -2.26. The molecule has 2 rings (SSSR count). The van der Waals surface area contributed by atoms with Crippen LogP contribution in [0, 0.1) is 0 Å². The van der Waals surface area contributed by atoms with E-state index in [1.165, 1.54) is 0 Å². The van der Waals surface area contributed by atoms with Crippen molar-refractivity contribution in [3.8, 4) is 0 Å². The minimum absolute atomic E-state index is 0.121. The number of aliphatic hydroxyl groups is 1. The largest absolute Gasteiger partial charge is 0.398 e. The molecule has 0 aliphatic heterocycles. The van der Waals surface area contributed by atoms with Crippen LogP contribution in [0.25, 0.3) is 0 Å². The summed E-state index contributed by atoms with van der Waals surface area (Å²) < 4.78 is 0. The van der Waals surface area contributed by atoms with Crippen molar-refractivity contribution in [2.24, 2.45) is 0 Å². The zero-order valence-corrected chi connectivity index (χ0v) is 9.73. The van der Waals surface area contributed by atoms with Gasteiger partial charge in [0.2, 0.25) is 0 Å². The van der Waals surface area contributed by atoms with Crippen molar-refractivity contribution >= 4 is 11.6 Å². The van der Waals surface area contributed by atoms with Gasteiger partial charge in [-0.05, 0) is 37.8 Å². The smallest absolute Gasteiger partial charge is 0.253 e. The van der Waals surface area contributed by atoms with Gasteiger partial charge in [-0.3, -0.25) is 4.79 Å². The molecule has 4 N–H and O–H groups in total. The van der Waals surface area contributed by atoms with Crippen molar-refractivity contribution < 1.29 is 9.90 Å². The maximum Gasteiger partial charge on any atom is 0.253 e. The highest BCUT2D eigenvalue weighted by atomic mass is 16.3. The van der Waals surface area contributed by atoms with E-state index in [0.717, 1.165) is 25.7 Å². The molecule has 0 atom stereocenters. The summed E-state index contributed by atoms with van der Waals surface area (Å²) in [7, 11) is 0. The van der Waals surface area contributed by atoms with Gasteiger partial charge in [0.15, 0.2) is 0 Å². The topological polar surface area (TPSA) is 75.4 Å².